The quantitative estimate of drug-likeness (QED) is 0.194. The minimum Gasteiger partial charge on any atom is -0.433 e. The van der Waals surface area contributed by atoms with Crippen LogP contribution in [0.15, 0.2) is 84.3 Å². The Hall–Kier alpha value is -5.70. The summed E-state index contributed by atoms with van der Waals surface area (Å²) in [5, 5.41) is 4.51. The number of hydrogen-bond acceptors (Lipinski definition) is 8. The molecule has 222 valence electrons. The Labute approximate surface area is 247 Å². The molecule has 0 atom stereocenters. The van der Waals surface area contributed by atoms with Crippen molar-refractivity contribution in [1.82, 2.24) is 24.7 Å². The summed E-state index contributed by atoms with van der Waals surface area (Å²) in [6, 6.07) is 11.2. The normalized spacial score (nSPS) is 11.5. The molecule has 0 unspecified atom stereocenters. The number of para-hydroxylation sites is 1. The summed E-state index contributed by atoms with van der Waals surface area (Å²) in [6.45, 7) is 1.66. The zero-order valence-electron chi connectivity index (χ0n) is 22.5. The molecule has 4 N–H and O–H groups in total. The maximum Gasteiger partial charge on any atom is 0.263 e. The van der Waals surface area contributed by atoms with Gasteiger partial charge in [0.05, 0.1) is 35.0 Å². The number of halogens is 3. The van der Waals surface area contributed by atoms with Crippen LogP contribution in [0.4, 0.5) is 24.7 Å². The van der Waals surface area contributed by atoms with Crippen molar-refractivity contribution in [3.05, 3.63) is 114 Å². The summed E-state index contributed by atoms with van der Waals surface area (Å²) in [7, 11) is -4.12. The summed E-state index contributed by atoms with van der Waals surface area (Å²) >= 11 is 0. The SMILES string of the molecule is Cc1cc(Oc2c(F)cccc2F)ncc1-n1ncc(C(=O)c2cc3cc(F)c(NS(=O)(=O)c4cccnc4)cc3[nH]2)c1N. The van der Waals surface area contributed by atoms with E-state index in [1.54, 1.807) is 6.92 Å². The molecule has 11 nitrogen and oxygen atoms in total. The van der Waals surface area contributed by atoms with Gasteiger partial charge in [-0.25, -0.2) is 31.3 Å². The highest BCUT2D eigenvalue weighted by atomic mass is 32.2. The van der Waals surface area contributed by atoms with E-state index in [4.69, 9.17) is 10.5 Å². The summed E-state index contributed by atoms with van der Waals surface area (Å²) in [5.74, 6) is -3.93. The number of nitrogens with zero attached hydrogens (tertiary/aromatic N) is 4. The number of carbonyl (C=O) groups excluding carboxylic acids is 1. The first kappa shape index (κ1) is 28.4. The molecule has 0 aliphatic rings. The number of fused-ring (bicyclic) bond motifs is 1. The zero-order chi connectivity index (χ0) is 31.2. The van der Waals surface area contributed by atoms with E-state index in [-0.39, 0.29) is 39.1 Å². The number of aromatic nitrogens is 5. The van der Waals surface area contributed by atoms with Gasteiger partial charge in [0.15, 0.2) is 11.6 Å². The molecule has 6 rings (SSSR count). The number of benzene rings is 2. The lowest BCUT2D eigenvalue weighted by Gasteiger charge is -2.11. The number of nitrogens with one attached hydrogen (secondary N) is 2. The molecule has 15 heteroatoms. The Morgan fingerprint density at radius 2 is 1.77 bits per heavy atom. The molecule has 44 heavy (non-hydrogen) atoms. The summed E-state index contributed by atoms with van der Waals surface area (Å²) in [5.41, 5.74) is 7.18. The van der Waals surface area contributed by atoms with Crippen LogP contribution < -0.4 is 15.2 Å². The molecule has 0 saturated carbocycles. The number of aryl methyl sites for hydroxylation is 1. The van der Waals surface area contributed by atoms with Gasteiger partial charge in [-0.15, -0.1) is 0 Å². The Morgan fingerprint density at radius 1 is 1.00 bits per heavy atom. The van der Waals surface area contributed by atoms with E-state index < -0.39 is 39.0 Å². The summed E-state index contributed by atoms with van der Waals surface area (Å²) < 4.78 is 76.9. The third-order valence-corrected chi connectivity index (χ3v) is 7.96. The number of anilines is 2. The number of ether oxygens (including phenoxy) is 1. The number of hydrogen-bond donors (Lipinski definition) is 3. The van der Waals surface area contributed by atoms with Gasteiger partial charge in [-0.1, -0.05) is 6.07 Å². The lowest BCUT2D eigenvalue weighted by atomic mass is 10.1. The van der Waals surface area contributed by atoms with Crippen molar-refractivity contribution < 1.29 is 31.1 Å². The average Bonchev–Trinajstić information content (AvgIpc) is 3.58. The van der Waals surface area contributed by atoms with E-state index in [1.807, 2.05) is 0 Å². The predicted molar refractivity (Wildman–Crippen MR) is 154 cm³/mol. The molecule has 0 bridgehead atoms. The Balaban J connectivity index is 1.26. The van der Waals surface area contributed by atoms with E-state index in [9.17, 15) is 26.4 Å². The Morgan fingerprint density at radius 3 is 2.48 bits per heavy atom. The minimum atomic E-state index is -4.12. The number of rotatable bonds is 8. The second-order valence-electron chi connectivity index (χ2n) is 9.54. The number of aromatic amines is 1. The van der Waals surface area contributed by atoms with Crippen LogP contribution >= 0.6 is 0 Å². The molecule has 2 aromatic carbocycles. The molecule has 0 spiro atoms. The smallest absolute Gasteiger partial charge is 0.263 e. The van der Waals surface area contributed by atoms with Gasteiger partial charge >= 0.3 is 0 Å². The molecule has 0 radical (unpaired) electrons. The predicted octanol–water partition coefficient (Wildman–Crippen LogP) is 5.28. The third-order valence-electron chi connectivity index (χ3n) is 6.60. The molecule has 0 aliphatic carbocycles. The van der Waals surface area contributed by atoms with Crippen LogP contribution in [0.25, 0.3) is 16.6 Å². The molecule has 0 aliphatic heterocycles. The van der Waals surface area contributed by atoms with Crippen LogP contribution in [0, 0.1) is 24.4 Å². The monoisotopic (exact) mass is 619 g/mol. The molecule has 4 aromatic heterocycles. The fourth-order valence-electron chi connectivity index (χ4n) is 4.42. The first-order chi connectivity index (χ1) is 21.0. The van der Waals surface area contributed by atoms with E-state index in [0.717, 1.165) is 24.4 Å². The van der Waals surface area contributed by atoms with Gasteiger partial charge in [-0.2, -0.15) is 5.10 Å². The summed E-state index contributed by atoms with van der Waals surface area (Å²) in [4.78, 5) is 24.0. The molecule has 4 heterocycles. The van der Waals surface area contributed by atoms with Gasteiger partial charge < -0.3 is 15.5 Å². The topological polar surface area (TPSA) is 158 Å². The van der Waals surface area contributed by atoms with Crippen LogP contribution in [-0.2, 0) is 10.0 Å². The van der Waals surface area contributed by atoms with Crippen LogP contribution in [0.2, 0.25) is 0 Å². The van der Waals surface area contributed by atoms with Gasteiger partial charge in [0.25, 0.3) is 10.0 Å². The van der Waals surface area contributed by atoms with Crippen molar-refractivity contribution in [3.8, 4) is 17.3 Å². The molecule has 0 amide bonds. The van der Waals surface area contributed by atoms with Gasteiger partial charge in [-0.05, 0) is 55.0 Å². The van der Waals surface area contributed by atoms with Crippen LogP contribution in [0.5, 0.6) is 11.6 Å². The number of nitrogens with two attached hydrogens (primary N) is 1. The fourth-order valence-corrected chi connectivity index (χ4v) is 5.44. The maximum atomic E-state index is 14.9. The van der Waals surface area contributed by atoms with Crippen molar-refractivity contribution in [2.75, 3.05) is 10.5 Å². The lowest BCUT2D eigenvalue weighted by Crippen LogP contribution is -2.14. The van der Waals surface area contributed by atoms with Gasteiger partial charge in [0, 0.05) is 29.4 Å². The summed E-state index contributed by atoms with van der Waals surface area (Å²) in [6.07, 6.45) is 5.10. The first-order valence-corrected chi connectivity index (χ1v) is 14.2. The van der Waals surface area contributed by atoms with Gasteiger partial charge in [0.2, 0.25) is 17.4 Å². The molecular weight excluding hydrogens is 599 g/mol. The highest BCUT2D eigenvalue weighted by molar-refractivity contribution is 7.92. The van der Waals surface area contributed by atoms with Crippen LogP contribution in [-0.4, -0.2) is 38.9 Å². The number of carbonyl (C=O) groups is 1. The highest BCUT2D eigenvalue weighted by Crippen LogP contribution is 2.30. The molecule has 6 aromatic rings. The van der Waals surface area contributed by atoms with Crippen molar-refractivity contribution in [2.24, 2.45) is 0 Å². The number of nitrogen functional groups attached to an aromatic ring is 1. The van der Waals surface area contributed by atoms with E-state index in [2.05, 4.69) is 24.8 Å². The van der Waals surface area contributed by atoms with E-state index in [1.165, 1.54) is 59.7 Å². The molecular formula is C29H20F3N7O4S. The van der Waals surface area contributed by atoms with Gasteiger partial charge in [-0.3, -0.25) is 14.5 Å². The van der Waals surface area contributed by atoms with Gasteiger partial charge in [0.1, 0.15) is 16.5 Å². The molecule has 0 fully saturated rings. The van der Waals surface area contributed by atoms with Crippen molar-refractivity contribution in [1.29, 1.82) is 0 Å². The van der Waals surface area contributed by atoms with E-state index in [0.29, 0.717) is 16.6 Å². The van der Waals surface area contributed by atoms with Crippen molar-refractivity contribution >= 4 is 38.2 Å². The fraction of sp³-hybridized carbons (Fsp3) is 0.0345. The Kier molecular flexibility index (Phi) is 7.01. The van der Waals surface area contributed by atoms with E-state index >= 15 is 0 Å². The standard InChI is InChI=1S/C29H20F3N7O4S/c1-15-8-26(43-28-19(30)5-2-6-20(28)31)35-14-25(15)39-29(33)18(13-36-39)27(40)24-10-16-9-21(32)23(11-22(16)37-24)38-44(41,42)17-4-3-7-34-12-17/h2-14,37-38H,33H2,1H3. The maximum absolute atomic E-state index is 14.9. The Bertz CT molecular complexity index is 2160. The third kappa shape index (κ3) is 5.20. The average molecular weight is 620 g/mol. The molecule has 0 saturated heterocycles. The van der Waals surface area contributed by atoms with Crippen LogP contribution in [0.1, 0.15) is 21.6 Å². The largest absolute Gasteiger partial charge is 0.433 e. The second kappa shape index (κ2) is 10.9. The number of sulfonamides is 1. The van der Waals surface area contributed by atoms with Crippen molar-refractivity contribution in [2.45, 2.75) is 11.8 Å². The number of pyridine rings is 2. The first-order valence-electron chi connectivity index (χ1n) is 12.7. The minimum absolute atomic E-state index is 0.0164. The lowest BCUT2D eigenvalue weighted by molar-refractivity contribution is 0.103. The number of ketones is 1. The number of H-pyrrole nitrogens is 1. The zero-order valence-corrected chi connectivity index (χ0v) is 23.4. The van der Waals surface area contributed by atoms with Crippen molar-refractivity contribution in [3.63, 3.8) is 0 Å². The van der Waals surface area contributed by atoms with Crippen LogP contribution in [0.3, 0.4) is 0 Å². The second-order valence-corrected chi connectivity index (χ2v) is 11.2. The highest BCUT2D eigenvalue weighted by Gasteiger charge is 2.23.